The van der Waals surface area contributed by atoms with Crippen LogP contribution in [0, 0.1) is 0 Å². The van der Waals surface area contributed by atoms with E-state index in [4.69, 9.17) is 14.6 Å². The lowest BCUT2D eigenvalue weighted by molar-refractivity contribution is -0.111. The second-order valence-corrected chi connectivity index (χ2v) is 4.64. The Bertz CT molecular complexity index is 786. The van der Waals surface area contributed by atoms with Crippen LogP contribution in [-0.2, 0) is 4.79 Å². The van der Waals surface area contributed by atoms with Gasteiger partial charge in [-0.3, -0.25) is 4.79 Å². The van der Waals surface area contributed by atoms with Crippen LogP contribution >= 0.6 is 0 Å². The number of carboxylic acids is 1. The number of aromatic carboxylic acids is 1. The first kappa shape index (κ1) is 17.0. The van der Waals surface area contributed by atoms with Crippen LogP contribution < -0.4 is 14.8 Å². The molecule has 0 atom stereocenters. The number of aromatic nitrogens is 1. The SMILES string of the molecule is COc1ccc(C=CC(=O)Nc2cccnc2C(=O)O)cc1OC. The maximum Gasteiger partial charge on any atom is 0.356 e. The fraction of sp³-hybridized carbons (Fsp3) is 0.118. The molecule has 1 aromatic carbocycles. The first-order valence-corrected chi connectivity index (χ1v) is 6.94. The van der Waals surface area contributed by atoms with Crippen LogP contribution in [0.2, 0.25) is 0 Å². The highest BCUT2D eigenvalue weighted by Gasteiger charge is 2.12. The van der Waals surface area contributed by atoms with Crippen LogP contribution in [0.25, 0.3) is 6.08 Å². The highest BCUT2D eigenvalue weighted by Crippen LogP contribution is 2.27. The number of rotatable bonds is 6. The maximum atomic E-state index is 12.0. The quantitative estimate of drug-likeness (QED) is 0.791. The lowest BCUT2D eigenvalue weighted by atomic mass is 10.2. The van der Waals surface area contributed by atoms with Crippen LogP contribution in [0.5, 0.6) is 11.5 Å². The number of carbonyl (C=O) groups is 2. The number of nitrogens with zero attached hydrogens (tertiary/aromatic N) is 1. The highest BCUT2D eigenvalue weighted by atomic mass is 16.5. The lowest BCUT2D eigenvalue weighted by Crippen LogP contribution is -2.13. The van der Waals surface area contributed by atoms with E-state index in [0.717, 1.165) is 5.56 Å². The molecule has 0 unspecified atom stereocenters. The van der Waals surface area contributed by atoms with Crippen LogP contribution in [0.4, 0.5) is 5.69 Å². The first-order chi connectivity index (χ1) is 11.5. The van der Waals surface area contributed by atoms with Gasteiger partial charge in [-0.05, 0) is 35.9 Å². The Morgan fingerprint density at radius 3 is 2.58 bits per heavy atom. The summed E-state index contributed by atoms with van der Waals surface area (Å²) < 4.78 is 10.3. The second-order valence-electron chi connectivity index (χ2n) is 4.64. The number of ether oxygens (including phenoxy) is 2. The summed E-state index contributed by atoms with van der Waals surface area (Å²) in [4.78, 5) is 26.7. The molecule has 0 bridgehead atoms. The minimum Gasteiger partial charge on any atom is -0.493 e. The van der Waals surface area contributed by atoms with Crippen molar-refractivity contribution in [2.45, 2.75) is 0 Å². The van der Waals surface area contributed by atoms with E-state index in [9.17, 15) is 9.59 Å². The number of benzene rings is 1. The molecule has 0 fully saturated rings. The number of carbonyl (C=O) groups excluding carboxylic acids is 1. The molecular weight excluding hydrogens is 312 g/mol. The number of methoxy groups -OCH3 is 2. The van der Waals surface area contributed by atoms with Crippen LogP contribution in [0.1, 0.15) is 16.1 Å². The number of pyridine rings is 1. The molecular formula is C17H16N2O5. The van der Waals surface area contributed by atoms with Crippen molar-refractivity contribution in [3.8, 4) is 11.5 Å². The Balaban J connectivity index is 2.13. The highest BCUT2D eigenvalue weighted by molar-refractivity contribution is 6.05. The van der Waals surface area contributed by atoms with Gasteiger partial charge in [0.15, 0.2) is 17.2 Å². The molecule has 7 nitrogen and oxygen atoms in total. The van der Waals surface area contributed by atoms with Crippen molar-refractivity contribution in [1.82, 2.24) is 4.98 Å². The van der Waals surface area contributed by atoms with Crippen molar-refractivity contribution in [2.75, 3.05) is 19.5 Å². The predicted molar refractivity (Wildman–Crippen MR) is 88.4 cm³/mol. The normalized spacial score (nSPS) is 10.4. The Morgan fingerprint density at radius 1 is 1.17 bits per heavy atom. The summed E-state index contributed by atoms with van der Waals surface area (Å²) in [6, 6.07) is 8.21. The predicted octanol–water partition coefficient (Wildman–Crippen LogP) is 2.45. The van der Waals surface area contributed by atoms with Gasteiger partial charge in [0.2, 0.25) is 5.91 Å². The van der Waals surface area contributed by atoms with E-state index in [2.05, 4.69) is 10.3 Å². The van der Waals surface area contributed by atoms with Crippen molar-refractivity contribution in [3.05, 3.63) is 53.9 Å². The largest absolute Gasteiger partial charge is 0.493 e. The van der Waals surface area contributed by atoms with E-state index in [-0.39, 0.29) is 11.4 Å². The van der Waals surface area contributed by atoms with Crippen LogP contribution in [-0.4, -0.2) is 36.2 Å². The third kappa shape index (κ3) is 4.10. The maximum absolute atomic E-state index is 12.0. The number of hydrogen-bond donors (Lipinski definition) is 2. The van der Waals surface area contributed by atoms with Gasteiger partial charge in [0, 0.05) is 12.3 Å². The van der Waals surface area contributed by atoms with Crippen LogP contribution in [0.3, 0.4) is 0 Å². The number of carboxylic acid groups (broad SMARTS) is 1. The van der Waals surface area contributed by atoms with Gasteiger partial charge in [0.1, 0.15) is 0 Å². The molecule has 0 aliphatic heterocycles. The second kappa shape index (κ2) is 7.77. The summed E-state index contributed by atoms with van der Waals surface area (Å²) in [6.45, 7) is 0. The Hall–Kier alpha value is -3.35. The molecule has 0 saturated heterocycles. The van der Waals surface area contributed by atoms with Crippen molar-refractivity contribution >= 4 is 23.6 Å². The molecule has 1 heterocycles. The van der Waals surface area contributed by atoms with Gasteiger partial charge >= 0.3 is 5.97 Å². The van der Waals surface area contributed by atoms with Crippen molar-refractivity contribution in [1.29, 1.82) is 0 Å². The van der Waals surface area contributed by atoms with E-state index in [1.54, 1.807) is 30.3 Å². The summed E-state index contributed by atoms with van der Waals surface area (Å²) in [7, 11) is 3.06. The molecule has 124 valence electrons. The Morgan fingerprint density at radius 2 is 1.92 bits per heavy atom. The Labute approximate surface area is 138 Å². The van der Waals surface area contributed by atoms with E-state index < -0.39 is 11.9 Å². The van der Waals surface area contributed by atoms with Gasteiger partial charge < -0.3 is 19.9 Å². The zero-order valence-electron chi connectivity index (χ0n) is 13.1. The van der Waals surface area contributed by atoms with Gasteiger partial charge in [0.25, 0.3) is 0 Å². The molecule has 2 N–H and O–H groups in total. The molecule has 24 heavy (non-hydrogen) atoms. The van der Waals surface area contributed by atoms with Gasteiger partial charge in [-0.2, -0.15) is 0 Å². The molecule has 2 rings (SSSR count). The molecule has 7 heteroatoms. The number of hydrogen-bond acceptors (Lipinski definition) is 5. The summed E-state index contributed by atoms with van der Waals surface area (Å²) in [6.07, 6.45) is 4.21. The van der Waals surface area contributed by atoms with E-state index in [0.29, 0.717) is 11.5 Å². The average molecular weight is 328 g/mol. The zero-order chi connectivity index (χ0) is 17.5. The van der Waals surface area contributed by atoms with E-state index >= 15 is 0 Å². The smallest absolute Gasteiger partial charge is 0.356 e. The van der Waals surface area contributed by atoms with E-state index in [1.807, 2.05) is 0 Å². The molecule has 0 saturated carbocycles. The molecule has 0 spiro atoms. The van der Waals surface area contributed by atoms with Crippen LogP contribution in [0.15, 0.2) is 42.6 Å². The van der Waals surface area contributed by atoms with Gasteiger partial charge in [0.05, 0.1) is 19.9 Å². The summed E-state index contributed by atoms with van der Waals surface area (Å²) in [5.41, 5.74) is 0.643. The minimum atomic E-state index is -1.21. The molecule has 2 aromatic rings. The topological polar surface area (TPSA) is 97.8 Å². The number of anilines is 1. The van der Waals surface area contributed by atoms with Crippen molar-refractivity contribution in [2.24, 2.45) is 0 Å². The monoisotopic (exact) mass is 328 g/mol. The number of amides is 1. The van der Waals surface area contributed by atoms with Crippen molar-refractivity contribution in [3.63, 3.8) is 0 Å². The molecule has 0 aliphatic carbocycles. The average Bonchev–Trinajstić information content (AvgIpc) is 2.59. The van der Waals surface area contributed by atoms with Crippen molar-refractivity contribution < 1.29 is 24.2 Å². The van der Waals surface area contributed by atoms with Gasteiger partial charge in [-0.25, -0.2) is 9.78 Å². The fourth-order valence-electron chi connectivity index (χ4n) is 1.98. The summed E-state index contributed by atoms with van der Waals surface area (Å²) >= 11 is 0. The lowest BCUT2D eigenvalue weighted by Gasteiger charge is -2.07. The summed E-state index contributed by atoms with van der Waals surface area (Å²) in [5, 5.41) is 11.5. The molecule has 0 aliphatic rings. The third-order valence-electron chi connectivity index (χ3n) is 3.10. The molecule has 1 amide bonds. The van der Waals surface area contributed by atoms with Gasteiger partial charge in [-0.1, -0.05) is 6.07 Å². The standard InChI is InChI=1S/C17H16N2O5/c1-23-13-7-5-11(10-14(13)24-2)6-8-15(20)19-12-4-3-9-18-16(12)17(21)22/h3-10H,1-2H3,(H,19,20)(H,21,22). The first-order valence-electron chi connectivity index (χ1n) is 6.94. The fourth-order valence-corrected chi connectivity index (χ4v) is 1.98. The Kier molecular flexibility index (Phi) is 5.51. The minimum absolute atomic E-state index is 0.131. The molecule has 0 radical (unpaired) electrons. The number of nitrogens with one attached hydrogen (secondary N) is 1. The summed E-state index contributed by atoms with van der Waals surface area (Å²) in [5.74, 6) is -0.559. The molecule has 1 aromatic heterocycles. The van der Waals surface area contributed by atoms with E-state index in [1.165, 1.54) is 32.6 Å². The third-order valence-corrected chi connectivity index (χ3v) is 3.10. The van der Waals surface area contributed by atoms with Gasteiger partial charge in [-0.15, -0.1) is 0 Å². The zero-order valence-corrected chi connectivity index (χ0v) is 13.1.